The largest absolute Gasteiger partial charge is 0.490 e. The molecule has 1 aliphatic rings. The van der Waals surface area contributed by atoms with Gasteiger partial charge in [0.15, 0.2) is 0 Å². The highest BCUT2D eigenvalue weighted by Gasteiger charge is 2.51. The minimum absolute atomic E-state index is 0.238. The van der Waals surface area contributed by atoms with E-state index in [1.165, 1.54) is 4.91 Å². The molecule has 0 bridgehead atoms. The topological polar surface area (TPSA) is 18.5 Å². The van der Waals surface area contributed by atoms with Crippen molar-refractivity contribution in [2.24, 2.45) is 0 Å². The summed E-state index contributed by atoms with van der Waals surface area (Å²) in [6.45, 7) is 16.9. The van der Waals surface area contributed by atoms with Gasteiger partial charge in [-0.15, -0.1) is 11.8 Å². The van der Waals surface area contributed by atoms with Gasteiger partial charge in [-0.3, -0.25) is 0 Å². The summed E-state index contributed by atoms with van der Waals surface area (Å²) in [5.41, 5.74) is 0.582. The molecule has 19 heavy (non-hydrogen) atoms. The molecule has 0 aromatic rings. The van der Waals surface area contributed by atoms with E-state index in [9.17, 15) is 0 Å². The molecule has 0 spiro atoms. The predicted molar refractivity (Wildman–Crippen MR) is 86.3 cm³/mol. The zero-order chi connectivity index (χ0) is 14.8. The van der Waals surface area contributed by atoms with Gasteiger partial charge < -0.3 is 9.31 Å². The van der Waals surface area contributed by atoms with Crippen LogP contribution < -0.4 is 0 Å². The van der Waals surface area contributed by atoms with Gasteiger partial charge >= 0.3 is 7.12 Å². The smallest absolute Gasteiger partial charge is 0.400 e. The molecule has 0 unspecified atom stereocenters. The van der Waals surface area contributed by atoms with Crippen LogP contribution in [0.5, 0.6) is 0 Å². The Balaban J connectivity index is 2.73. The van der Waals surface area contributed by atoms with Crippen molar-refractivity contribution in [1.29, 1.82) is 0 Å². The van der Waals surface area contributed by atoms with Crippen molar-refractivity contribution in [3.8, 4) is 0 Å². The zero-order valence-corrected chi connectivity index (χ0v) is 14.4. The first kappa shape index (κ1) is 16.9. The van der Waals surface area contributed by atoms with Crippen LogP contribution in [0, 0.1) is 0 Å². The van der Waals surface area contributed by atoms with Crippen LogP contribution >= 0.6 is 11.8 Å². The van der Waals surface area contributed by atoms with Gasteiger partial charge in [-0.2, -0.15) is 0 Å². The van der Waals surface area contributed by atoms with E-state index in [1.54, 1.807) is 0 Å². The maximum atomic E-state index is 6.01. The first-order valence-corrected chi connectivity index (χ1v) is 7.80. The molecule has 2 nitrogen and oxygen atoms in total. The molecular weight excluding hydrogens is 255 g/mol. The second-order valence-electron chi connectivity index (χ2n) is 6.44. The Morgan fingerprint density at radius 1 is 1.00 bits per heavy atom. The van der Waals surface area contributed by atoms with E-state index >= 15 is 0 Å². The Kier molecular flexibility index (Phi) is 5.39. The monoisotopic (exact) mass is 282 g/mol. The maximum absolute atomic E-state index is 6.01. The summed E-state index contributed by atoms with van der Waals surface area (Å²) in [4.78, 5) is 1.31. The van der Waals surface area contributed by atoms with Crippen molar-refractivity contribution in [2.45, 2.75) is 71.8 Å². The molecule has 1 fully saturated rings. The minimum Gasteiger partial charge on any atom is -0.400 e. The van der Waals surface area contributed by atoms with Crippen LogP contribution in [0.3, 0.4) is 0 Å². The Morgan fingerprint density at radius 3 is 1.89 bits per heavy atom. The van der Waals surface area contributed by atoms with Gasteiger partial charge in [0.1, 0.15) is 0 Å². The van der Waals surface area contributed by atoms with Crippen LogP contribution in [0.15, 0.2) is 22.5 Å². The SMILES string of the molecule is C/C(=C\C=C(/C)SC(C)C)B1OC(C)(C)C(C)(C)O1. The Bertz CT molecular complexity index is 368. The summed E-state index contributed by atoms with van der Waals surface area (Å²) < 4.78 is 12.0. The summed E-state index contributed by atoms with van der Waals surface area (Å²) in [7, 11) is -0.238. The molecule has 0 atom stereocenters. The Morgan fingerprint density at radius 2 is 1.47 bits per heavy atom. The molecule has 0 aliphatic carbocycles. The van der Waals surface area contributed by atoms with E-state index in [-0.39, 0.29) is 18.3 Å². The fourth-order valence-electron chi connectivity index (χ4n) is 1.77. The second kappa shape index (κ2) is 6.07. The third-order valence-electron chi connectivity index (χ3n) is 3.63. The normalized spacial score (nSPS) is 23.3. The lowest BCUT2D eigenvalue weighted by Gasteiger charge is -2.32. The van der Waals surface area contributed by atoms with Gasteiger partial charge in [-0.1, -0.05) is 26.0 Å². The van der Waals surface area contributed by atoms with E-state index in [0.29, 0.717) is 5.25 Å². The summed E-state index contributed by atoms with van der Waals surface area (Å²) in [5, 5.41) is 0.613. The molecule has 1 rings (SSSR count). The van der Waals surface area contributed by atoms with Crippen LogP contribution in [-0.4, -0.2) is 23.6 Å². The molecule has 0 saturated carbocycles. The predicted octanol–water partition coefficient (Wildman–Crippen LogP) is 4.61. The van der Waals surface area contributed by atoms with Crippen LogP contribution in [0.1, 0.15) is 55.4 Å². The summed E-state index contributed by atoms with van der Waals surface area (Å²) >= 11 is 1.87. The molecule has 0 N–H and O–H groups in total. The molecule has 0 radical (unpaired) electrons. The standard InChI is InChI=1S/C15H27BO2S/c1-11(2)19-13(4)10-9-12(3)16-17-14(5,6)15(7,8)18-16/h9-11H,1-8H3/b12-9+,13-10+. The lowest BCUT2D eigenvalue weighted by Crippen LogP contribution is -2.41. The molecule has 1 aliphatic heterocycles. The molecular formula is C15H27BO2S. The highest BCUT2D eigenvalue weighted by Crippen LogP contribution is 2.38. The maximum Gasteiger partial charge on any atom is 0.490 e. The highest BCUT2D eigenvalue weighted by molar-refractivity contribution is 8.03. The van der Waals surface area contributed by atoms with E-state index < -0.39 is 0 Å². The van der Waals surface area contributed by atoms with Gasteiger partial charge in [0.05, 0.1) is 11.2 Å². The van der Waals surface area contributed by atoms with E-state index in [0.717, 1.165) is 5.47 Å². The number of hydrogen-bond acceptors (Lipinski definition) is 3. The van der Waals surface area contributed by atoms with Crippen molar-refractivity contribution in [2.75, 3.05) is 0 Å². The van der Waals surface area contributed by atoms with Gasteiger partial charge in [0.25, 0.3) is 0 Å². The van der Waals surface area contributed by atoms with Crippen LogP contribution in [0.4, 0.5) is 0 Å². The number of thioether (sulfide) groups is 1. The zero-order valence-electron chi connectivity index (χ0n) is 13.5. The molecule has 0 amide bonds. The number of allylic oxidation sites excluding steroid dienone is 4. The molecule has 0 aromatic carbocycles. The van der Waals surface area contributed by atoms with Gasteiger partial charge in [0, 0.05) is 5.25 Å². The lowest BCUT2D eigenvalue weighted by molar-refractivity contribution is 0.00578. The molecule has 4 heteroatoms. The fourth-order valence-corrected chi connectivity index (χ4v) is 2.66. The van der Waals surface area contributed by atoms with E-state index in [4.69, 9.17) is 9.31 Å². The quantitative estimate of drug-likeness (QED) is 0.554. The highest BCUT2D eigenvalue weighted by atomic mass is 32.2. The van der Waals surface area contributed by atoms with E-state index in [1.807, 2.05) is 11.8 Å². The first-order chi connectivity index (χ1) is 8.55. The molecule has 1 saturated heterocycles. The summed E-state index contributed by atoms with van der Waals surface area (Å²) in [5.74, 6) is 0. The summed E-state index contributed by atoms with van der Waals surface area (Å²) in [6.07, 6.45) is 4.25. The molecule has 0 aromatic heterocycles. The third kappa shape index (κ3) is 4.40. The van der Waals surface area contributed by atoms with Crippen molar-refractivity contribution in [3.05, 3.63) is 22.5 Å². The minimum atomic E-state index is -0.266. The third-order valence-corrected chi connectivity index (χ3v) is 4.61. The number of rotatable bonds is 4. The van der Waals surface area contributed by atoms with Crippen molar-refractivity contribution >= 4 is 18.9 Å². The Hall–Kier alpha value is -0.185. The van der Waals surface area contributed by atoms with Crippen LogP contribution in [0.2, 0.25) is 0 Å². The average Bonchev–Trinajstić information content (AvgIpc) is 2.44. The summed E-state index contributed by atoms with van der Waals surface area (Å²) in [6, 6.07) is 0. The van der Waals surface area contributed by atoms with Gasteiger partial charge in [-0.25, -0.2) is 0 Å². The first-order valence-electron chi connectivity index (χ1n) is 6.92. The van der Waals surface area contributed by atoms with Crippen molar-refractivity contribution < 1.29 is 9.31 Å². The van der Waals surface area contributed by atoms with Crippen molar-refractivity contribution in [1.82, 2.24) is 0 Å². The van der Waals surface area contributed by atoms with E-state index in [2.05, 4.69) is 67.5 Å². The van der Waals surface area contributed by atoms with Crippen molar-refractivity contribution in [3.63, 3.8) is 0 Å². The second-order valence-corrected chi connectivity index (χ2v) is 8.27. The molecule has 1 heterocycles. The lowest BCUT2D eigenvalue weighted by atomic mass is 9.79. The van der Waals surface area contributed by atoms with Crippen LogP contribution in [0.25, 0.3) is 0 Å². The fraction of sp³-hybridized carbons (Fsp3) is 0.733. The average molecular weight is 282 g/mol. The Labute approximate surface area is 123 Å². The van der Waals surface area contributed by atoms with Gasteiger partial charge in [0.2, 0.25) is 0 Å². The molecule has 108 valence electrons. The number of hydrogen-bond donors (Lipinski definition) is 0. The van der Waals surface area contributed by atoms with Gasteiger partial charge in [-0.05, 0) is 51.9 Å². The van der Waals surface area contributed by atoms with Crippen LogP contribution in [-0.2, 0) is 9.31 Å².